The van der Waals surface area contributed by atoms with Crippen LogP contribution in [0.3, 0.4) is 0 Å². The molecular formula is C31H41N3O2. The Morgan fingerprint density at radius 1 is 1.00 bits per heavy atom. The number of amides is 2. The van der Waals surface area contributed by atoms with E-state index in [9.17, 15) is 9.59 Å². The van der Waals surface area contributed by atoms with E-state index in [-0.39, 0.29) is 23.8 Å². The van der Waals surface area contributed by atoms with Gasteiger partial charge in [0, 0.05) is 12.2 Å². The van der Waals surface area contributed by atoms with Gasteiger partial charge in [0.2, 0.25) is 5.91 Å². The average Bonchev–Trinajstić information content (AvgIpc) is 2.86. The molecule has 1 heterocycles. The highest BCUT2D eigenvalue weighted by Crippen LogP contribution is 2.33. The van der Waals surface area contributed by atoms with Gasteiger partial charge in [-0.3, -0.25) is 14.6 Å². The number of aryl methyl sites for hydroxylation is 2. The van der Waals surface area contributed by atoms with Gasteiger partial charge in [-0.15, -0.1) is 0 Å². The lowest BCUT2D eigenvalue weighted by Crippen LogP contribution is -2.73. The van der Waals surface area contributed by atoms with E-state index in [4.69, 9.17) is 0 Å². The minimum atomic E-state index is -0.526. The number of nitrogens with zero attached hydrogens (tertiary/aromatic N) is 2. The van der Waals surface area contributed by atoms with Crippen LogP contribution in [0, 0.1) is 25.7 Å². The lowest BCUT2D eigenvalue weighted by Gasteiger charge is -2.53. The van der Waals surface area contributed by atoms with E-state index in [0.29, 0.717) is 12.3 Å². The Morgan fingerprint density at radius 2 is 1.67 bits per heavy atom. The lowest BCUT2D eigenvalue weighted by molar-refractivity contribution is -0.202. The van der Waals surface area contributed by atoms with Gasteiger partial charge >= 0.3 is 0 Å². The van der Waals surface area contributed by atoms with Crippen molar-refractivity contribution in [2.45, 2.75) is 78.3 Å². The van der Waals surface area contributed by atoms with Crippen LogP contribution in [-0.4, -0.2) is 40.5 Å². The number of carbonyl (C=O) groups is 2. The fraction of sp³-hybridized carbons (Fsp3) is 0.484. The molecule has 1 saturated heterocycles. The van der Waals surface area contributed by atoms with E-state index in [1.807, 2.05) is 74.5 Å². The number of hydrogen-bond donors (Lipinski definition) is 1. The summed E-state index contributed by atoms with van der Waals surface area (Å²) in [7, 11) is 0. The molecule has 2 aromatic carbocycles. The number of benzene rings is 2. The SMILES string of the molecule is Cc1cccc(C)c1NC(=O)C(CC(C)C)N1C(=O)C(/C=C/c2ccccc2)N1CC1CCCCC1. The van der Waals surface area contributed by atoms with Gasteiger partial charge in [-0.25, -0.2) is 5.01 Å². The van der Waals surface area contributed by atoms with Gasteiger partial charge in [-0.05, 0) is 61.6 Å². The highest BCUT2D eigenvalue weighted by atomic mass is 16.2. The maximum Gasteiger partial charge on any atom is 0.260 e. The summed E-state index contributed by atoms with van der Waals surface area (Å²) in [6.07, 6.45) is 10.8. The van der Waals surface area contributed by atoms with Crippen LogP contribution in [0.5, 0.6) is 0 Å². The smallest absolute Gasteiger partial charge is 0.260 e. The number of nitrogens with one attached hydrogen (secondary N) is 1. The quantitative estimate of drug-likeness (QED) is 0.447. The molecular weight excluding hydrogens is 446 g/mol. The van der Waals surface area contributed by atoms with Crippen LogP contribution in [-0.2, 0) is 9.59 Å². The monoisotopic (exact) mass is 487 g/mol. The second-order valence-corrected chi connectivity index (χ2v) is 10.9. The van der Waals surface area contributed by atoms with Crippen LogP contribution >= 0.6 is 0 Å². The first kappa shape index (κ1) is 26.2. The fourth-order valence-electron chi connectivity index (χ4n) is 5.57. The predicted octanol–water partition coefficient (Wildman–Crippen LogP) is 6.38. The average molecular weight is 488 g/mol. The summed E-state index contributed by atoms with van der Waals surface area (Å²) in [5.41, 5.74) is 3.99. The Morgan fingerprint density at radius 3 is 2.31 bits per heavy atom. The summed E-state index contributed by atoms with van der Waals surface area (Å²) in [6.45, 7) is 9.06. The Bertz CT molecular complexity index is 1050. The summed E-state index contributed by atoms with van der Waals surface area (Å²) < 4.78 is 0. The minimum Gasteiger partial charge on any atom is -0.324 e. The molecule has 0 spiro atoms. The zero-order valence-corrected chi connectivity index (χ0v) is 22.2. The third-order valence-electron chi connectivity index (χ3n) is 7.54. The zero-order chi connectivity index (χ0) is 25.7. The molecule has 0 aromatic heterocycles. The van der Waals surface area contributed by atoms with Gasteiger partial charge in [0.25, 0.3) is 5.91 Å². The van der Waals surface area contributed by atoms with Crippen molar-refractivity contribution in [3.05, 3.63) is 71.3 Å². The molecule has 36 heavy (non-hydrogen) atoms. The molecule has 2 atom stereocenters. The Labute approximate surface area is 216 Å². The molecule has 1 saturated carbocycles. The highest BCUT2D eigenvalue weighted by molar-refractivity contribution is 6.00. The molecule has 5 nitrogen and oxygen atoms in total. The summed E-state index contributed by atoms with van der Waals surface area (Å²) in [4.78, 5) is 27.3. The van der Waals surface area contributed by atoms with Crippen LogP contribution in [0.4, 0.5) is 5.69 Å². The van der Waals surface area contributed by atoms with Crippen LogP contribution < -0.4 is 5.32 Å². The van der Waals surface area contributed by atoms with Crippen LogP contribution in [0.2, 0.25) is 0 Å². The van der Waals surface area contributed by atoms with Crippen molar-refractivity contribution in [3.63, 3.8) is 0 Å². The van der Waals surface area contributed by atoms with Gasteiger partial charge in [0.05, 0.1) is 0 Å². The molecule has 0 radical (unpaired) electrons. The van der Waals surface area contributed by atoms with Gasteiger partial charge in [0.1, 0.15) is 12.1 Å². The Kier molecular flexibility index (Phi) is 8.63. The first-order valence-corrected chi connectivity index (χ1v) is 13.5. The van der Waals surface area contributed by atoms with Crippen LogP contribution in [0.15, 0.2) is 54.6 Å². The molecule has 0 bridgehead atoms. The summed E-state index contributed by atoms with van der Waals surface area (Å²) >= 11 is 0. The first-order chi connectivity index (χ1) is 17.3. The van der Waals surface area contributed by atoms with Crippen LogP contribution in [0.1, 0.15) is 69.1 Å². The molecule has 4 rings (SSSR count). The molecule has 1 aliphatic carbocycles. The second-order valence-electron chi connectivity index (χ2n) is 10.9. The third-order valence-corrected chi connectivity index (χ3v) is 7.54. The van der Waals surface area contributed by atoms with Crippen molar-refractivity contribution in [2.24, 2.45) is 11.8 Å². The van der Waals surface area contributed by atoms with Crippen molar-refractivity contribution in [1.82, 2.24) is 10.0 Å². The zero-order valence-electron chi connectivity index (χ0n) is 22.2. The fourth-order valence-corrected chi connectivity index (χ4v) is 5.57. The first-order valence-electron chi connectivity index (χ1n) is 13.5. The minimum absolute atomic E-state index is 0.0142. The van der Waals surface area contributed by atoms with Gasteiger partial charge in [-0.2, -0.15) is 0 Å². The topological polar surface area (TPSA) is 52.7 Å². The van der Waals surface area contributed by atoms with Gasteiger partial charge in [-0.1, -0.05) is 93.8 Å². The predicted molar refractivity (Wildman–Crippen MR) is 147 cm³/mol. The summed E-state index contributed by atoms with van der Waals surface area (Å²) in [5.74, 6) is 0.749. The van der Waals surface area contributed by atoms with Crippen LogP contribution in [0.25, 0.3) is 6.08 Å². The van der Waals surface area contributed by atoms with E-state index >= 15 is 0 Å². The normalized spacial score (nSPS) is 20.1. The molecule has 2 fully saturated rings. The molecule has 2 aliphatic rings. The second kappa shape index (κ2) is 11.9. The molecule has 5 heteroatoms. The van der Waals surface area contributed by atoms with Gasteiger partial charge in [0.15, 0.2) is 0 Å². The Hall–Kier alpha value is -2.92. The van der Waals surface area contributed by atoms with Crippen molar-refractivity contribution in [1.29, 1.82) is 0 Å². The largest absolute Gasteiger partial charge is 0.324 e. The van der Waals surface area contributed by atoms with E-state index in [0.717, 1.165) is 28.9 Å². The summed E-state index contributed by atoms with van der Waals surface area (Å²) in [5, 5.41) is 7.12. The number of anilines is 1. The number of hydrazine groups is 1. The van der Waals surface area contributed by atoms with E-state index < -0.39 is 6.04 Å². The number of hydrogen-bond acceptors (Lipinski definition) is 3. The number of para-hydroxylation sites is 1. The van der Waals surface area contributed by atoms with Crippen molar-refractivity contribution >= 4 is 23.6 Å². The molecule has 192 valence electrons. The van der Waals surface area contributed by atoms with Crippen molar-refractivity contribution < 1.29 is 9.59 Å². The maximum absolute atomic E-state index is 13.7. The maximum atomic E-state index is 13.7. The van der Waals surface area contributed by atoms with E-state index in [1.165, 1.54) is 32.1 Å². The number of carbonyl (C=O) groups excluding carboxylic acids is 2. The summed E-state index contributed by atoms with van der Waals surface area (Å²) in [6, 6.07) is 15.3. The molecule has 1 aliphatic heterocycles. The lowest BCUT2D eigenvalue weighted by atomic mass is 9.88. The van der Waals surface area contributed by atoms with Crippen molar-refractivity contribution in [3.8, 4) is 0 Å². The molecule has 2 amide bonds. The van der Waals surface area contributed by atoms with E-state index in [2.05, 4.69) is 24.2 Å². The van der Waals surface area contributed by atoms with E-state index in [1.54, 1.807) is 5.01 Å². The highest BCUT2D eigenvalue weighted by Gasteiger charge is 2.50. The third kappa shape index (κ3) is 6.07. The van der Waals surface area contributed by atoms with Crippen molar-refractivity contribution in [2.75, 3.05) is 11.9 Å². The molecule has 1 N–H and O–H groups in total. The number of rotatable bonds is 9. The Balaban J connectivity index is 1.59. The van der Waals surface area contributed by atoms with Gasteiger partial charge < -0.3 is 5.32 Å². The standard InChI is InChI=1S/C31H41N3O2/c1-22(2)20-28(30(35)32-29-23(3)12-11-13-24(29)4)34-31(36)27(19-18-25-14-7-5-8-15-25)33(34)21-26-16-9-6-10-17-26/h5,7-8,11-15,18-19,22,26-28H,6,9-10,16-17,20-21H2,1-4H3,(H,32,35)/b19-18+. The molecule has 2 aromatic rings. The molecule has 2 unspecified atom stereocenters.